The van der Waals surface area contributed by atoms with Crippen molar-refractivity contribution in [1.29, 1.82) is 0 Å². The van der Waals surface area contributed by atoms with Gasteiger partial charge < -0.3 is 14.7 Å². The third-order valence-corrected chi connectivity index (χ3v) is 6.60. The Labute approximate surface area is 229 Å². The SMILES string of the molecule is C=NCc1cnn2cc(OCC(C)(C)O)cc(-c3ccc(N4CCN(CC#Cc5ccccc5)CC4)nc3)c12. The lowest BCUT2D eigenvalue weighted by atomic mass is 10.0. The van der Waals surface area contributed by atoms with Gasteiger partial charge in [-0.1, -0.05) is 30.0 Å². The molecule has 3 aromatic heterocycles. The summed E-state index contributed by atoms with van der Waals surface area (Å²) >= 11 is 0. The van der Waals surface area contributed by atoms with Gasteiger partial charge >= 0.3 is 0 Å². The summed E-state index contributed by atoms with van der Waals surface area (Å²) in [6.45, 7) is 12.2. The molecule has 200 valence electrons. The highest BCUT2D eigenvalue weighted by molar-refractivity contribution is 5.83. The molecule has 0 saturated carbocycles. The second-order valence-electron chi connectivity index (χ2n) is 10.4. The fourth-order valence-corrected chi connectivity index (χ4v) is 4.60. The zero-order valence-corrected chi connectivity index (χ0v) is 22.5. The van der Waals surface area contributed by atoms with Gasteiger partial charge in [0.15, 0.2) is 0 Å². The Morgan fingerprint density at radius 1 is 1.08 bits per heavy atom. The molecular formula is C31H34N6O2. The zero-order chi connectivity index (χ0) is 27.2. The van der Waals surface area contributed by atoms with Crippen molar-refractivity contribution in [3.8, 4) is 28.7 Å². The molecule has 0 aliphatic carbocycles. The third-order valence-electron chi connectivity index (χ3n) is 6.60. The number of benzene rings is 1. The molecule has 5 rings (SSSR count). The van der Waals surface area contributed by atoms with E-state index in [4.69, 9.17) is 9.72 Å². The van der Waals surface area contributed by atoms with E-state index in [-0.39, 0.29) is 6.61 Å². The third kappa shape index (κ3) is 6.63. The van der Waals surface area contributed by atoms with Crippen LogP contribution in [0.3, 0.4) is 0 Å². The van der Waals surface area contributed by atoms with Crippen molar-refractivity contribution in [3.63, 3.8) is 0 Å². The molecule has 8 heteroatoms. The van der Waals surface area contributed by atoms with Gasteiger partial charge in [0, 0.05) is 54.6 Å². The van der Waals surface area contributed by atoms with Crippen LogP contribution in [-0.4, -0.2) is 76.3 Å². The van der Waals surface area contributed by atoms with Gasteiger partial charge in [0.25, 0.3) is 0 Å². The van der Waals surface area contributed by atoms with Gasteiger partial charge in [0.2, 0.25) is 0 Å². The number of hydrogen-bond acceptors (Lipinski definition) is 7. The van der Waals surface area contributed by atoms with Crippen molar-refractivity contribution in [2.45, 2.75) is 26.0 Å². The summed E-state index contributed by atoms with van der Waals surface area (Å²) in [4.78, 5) is 13.6. The van der Waals surface area contributed by atoms with Crippen LogP contribution in [0, 0.1) is 11.8 Å². The predicted molar refractivity (Wildman–Crippen MR) is 155 cm³/mol. The fourth-order valence-electron chi connectivity index (χ4n) is 4.60. The summed E-state index contributed by atoms with van der Waals surface area (Å²) in [5.41, 5.74) is 3.93. The van der Waals surface area contributed by atoms with Crippen molar-refractivity contribution in [3.05, 3.63) is 78.2 Å². The highest BCUT2D eigenvalue weighted by Crippen LogP contribution is 2.32. The predicted octanol–water partition coefficient (Wildman–Crippen LogP) is 3.92. The summed E-state index contributed by atoms with van der Waals surface area (Å²) in [5, 5.41) is 14.6. The molecule has 0 radical (unpaired) electrons. The van der Waals surface area contributed by atoms with Crippen molar-refractivity contribution in [1.82, 2.24) is 19.5 Å². The van der Waals surface area contributed by atoms with E-state index in [1.165, 1.54) is 0 Å². The van der Waals surface area contributed by atoms with Gasteiger partial charge in [-0.2, -0.15) is 5.10 Å². The van der Waals surface area contributed by atoms with Crippen LogP contribution in [0.5, 0.6) is 5.75 Å². The minimum absolute atomic E-state index is 0.168. The Bertz CT molecular complexity index is 1470. The maximum absolute atomic E-state index is 10.1. The summed E-state index contributed by atoms with van der Waals surface area (Å²) in [6.07, 6.45) is 5.53. The number of pyridine rings is 2. The Balaban J connectivity index is 1.30. The van der Waals surface area contributed by atoms with Crippen LogP contribution in [0.15, 0.2) is 72.1 Å². The number of nitrogens with zero attached hydrogens (tertiary/aromatic N) is 6. The number of aliphatic imine (C=N–C) groups is 1. The normalized spacial score (nSPS) is 14.2. The first-order chi connectivity index (χ1) is 18.9. The van der Waals surface area contributed by atoms with E-state index in [0.29, 0.717) is 12.3 Å². The minimum Gasteiger partial charge on any atom is -0.489 e. The summed E-state index contributed by atoms with van der Waals surface area (Å²) in [7, 11) is 0. The number of hydrogen-bond donors (Lipinski definition) is 1. The van der Waals surface area contributed by atoms with Crippen LogP contribution < -0.4 is 9.64 Å². The quantitative estimate of drug-likeness (QED) is 0.279. The summed E-state index contributed by atoms with van der Waals surface area (Å²) in [5.74, 6) is 8.12. The molecule has 0 amide bonds. The van der Waals surface area contributed by atoms with Gasteiger partial charge in [-0.05, 0) is 50.9 Å². The second-order valence-corrected chi connectivity index (χ2v) is 10.4. The molecule has 0 spiro atoms. The monoisotopic (exact) mass is 522 g/mol. The number of anilines is 1. The Hall–Kier alpha value is -4.19. The fraction of sp³-hybridized carbons (Fsp3) is 0.323. The molecule has 1 aliphatic rings. The van der Waals surface area contributed by atoms with Crippen LogP contribution in [-0.2, 0) is 6.54 Å². The smallest absolute Gasteiger partial charge is 0.138 e. The zero-order valence-electron chi connectivity index (χ0n) is 22.5. The molecule has 4 aromatic rings. The average molecular weight is 523 g/mol. The maximum atomic E-state index is 10.1. The average Bonchev–Trinajstić information content (AvgIpc) is 3.35. The minimum atomic E-state index is -0.946. The molecule has 39 heavy (non-hydrogen) atoms. The van der Waals surface area contributed by atoms with Crippen LogP contribution >= 0.6 is 0 Å². The largest absolute Gasteiger partial charge is 0.489 e. The van der Waals surface area contributed by atoms with Gasteiger partial charge in [0.05, 0.1) is 36.6 Å². The van der Waals surface area contributed by atoms with Gasteiger partial charge in [-0.25, -0.2) is 9.50 Å². The Kier molecular flexibility index (Phi) is 7.92. The van der Waals surface area contributed by atoms with E-state index in [9.17, 15) is 5.11 Å². The first-order valence-corrected chi connectivity index (χ1v) is 13.2. The van der Waals surface area contributed by atoms with Crippen LogP contribution in [0.25, 0.3) is 16.6 Å². The van der Waals surface area contributed by atoms with Crippen molar-refractivity contribution in [2.75, 3.05) is 44.2 Å². The first-order valence-electron chi connectivity index (χ1n) is 13.2. The van der Waals surface area contributed by atoms with E-state index < -0.39 is 5.60 Å². The highest BCUT2D eigenvalue weighted by Gasteiger charge is 2.19. The van der Waals surface area contributed by atoms with Crippen molar-refractivity contribution >= 4 is 18.1 Å². The van der Waals surface area contributed by atoms with Crippen LogP contribution in [0.4, 0.5) is 5.82 Å². The number of aliphatic hydroxyl groups is 1. The van der Waals surface area contributed by atoms with E-state index in [1.54, 1.807) is 24.6 Å². The number of fused-ring (bicyclic) bond motifs is 1. The Morgan fingerprint density at radius 2 is 1.87 bits per heavy atom. The van der Waals surface area contributed by atoms with E-state index in [0.717, 1.165) is 66.3 Å². The molecule has 8 nitrogen and oxygen atoms in total. The molecule has 4 heterocycles. The van der Waals surface area contributed by atoms with Crippen LogP contribution in [0.2, 0.25) is 0 Å². The number of aromatic nitrogens is 3. The molecule has 0 atom stereocenters. The molecular weight excluding hydrogens is 488 g/mol. The lowest BCUT2D eigenvalue weighted by Crippen LogP contribution is -2.46. The molecule has 1 saturated heterocycles. The molecule has 0 bridgehead atoms. The first kappa shape index (κ1) is 26.4. The standard InChI is InChI=1S/C31H34N6O2/c1-31(2,38)23-39-27-18-28(30-26(19-32-3)21-34-37(30)22-27)25-11-12-29(33-20-25)36-16-14-35(15-17-36)13-7-10-24-8-5-4-6-9-24/h4-6,8-9,11-12,18,20-22,38H,3,13-17,19,23H2,1-2H3. The van der Waals surface area contributed by atoms with E-state index in [1.807, 2.05) is 48.8 Å². The highest BCUT2D eigenvalue weighted by atomic mass is 16.5. The van der Waals surface area contributed by atoms with Gasteiger partial charge in [-0.3, -0.25) is 9.89 Å². The summed E-state index contributed by atoms with van der Waals surface area (Å²) in [6, 6.07) is 16.2. The van der Waals surface area contributed by atoms with E-state index >= 15 is 0 Å². The van der Waals surface area contributed by atoms with Gasteiger partial charge in [-0.15, -0.1) is 0 Å². The van der Waals surface area contributed by atoms with E-state index in [2.05, 4.69) is 50.6 Å². The maximum Gasteiger partial charge on any atom is 0.138 e. The summed E-state index contributed by atoms with van der Waals surface area (Å²) < 4.78 is 7.70. The molecule has 1 fully saturated rings. The number of ether oxygens (including phenoxy) is 1. The number of piperazine rings is 1. The van der Waals surface area contributed by atoms with Crippen molar-refractivity contribution in [2.24, 2.45) is 4.99 Å². The molecule has 1 aliphatic heterocycles. The van der Waals surface area contributed by atoms with Crippen molar-refractivity contribution < 1.29 is 9.84 Å². The molecule has 1 aromatic carbocycles. The Morgan fingerprint density at radius 3 is 2.56 bits per heavy atom. The molecule has 0 unspecified atom stereocenters. The lowest BCUT2D eigenvalue weighted by Gasteiger charge is -2.34. The van der Waals surface area contributed by atoms with Gasteiger partial charge in [0.1, 0.15) is 18.2 Å². The lowest BCUT2D eigenvalue weighted by molar-refractivity contribution is 0.0283. The topological polar surface area (TPSA) is 78.5 Å². The second kappa shape index (κ2) is 11.7. The molecule has 1 N–H and O–H groups in total. The number of rotatable bonds is 8. The van der Waals surface area contributed by atoms with Crippen LogP contribution in [0.1, 0.15) is 25.0 Å².